The molecule has 1 amide bonds. The molecule has 0 radical (unpaired) electrons. The van der Waals surface area contributed by atoms with Crippen LogP contribution < -0.4 is 0 Å². The Bertz CT molecular complexity index is 543. The van der Waals surface area contributed by atoms with Crippen LogP contribution in [0.2, 0.25) is 0 Å². The molecule has 2 aromatic rings. The van der Waals surface area contributed by atoms with Gasteiger partial charge in [-0.25, -0.2) is 15.0 Å². The van der Waals surface area contributed by atoms with E-state index in [0.29, 0.717) is 18.2 Å². The second-order valence-corrected chi connectivity index (χ2v) is 5.32. The van der Waals surface area contributed by atoms with Crippen LogP contribution in [0.15, 0.2) is 29.5 Å². The first kappa shape index (κ1) is 12.2. The van der Waals surface area contributed by atoms with Crippen LogP contribution in [-0.4, -0.2) is 38.8 Å². The topological polar surface area (TPSA) is 59.0 Å². The van der Waals surface area contributed by atoms with Gasteiger partial charge in [-0.05, 0) is 18.9 Å². The van der Waals surface area contributed by atoms with Crippen LogP contribution in [0.5, 0.6) is 0 Å². The molecule has 1 fully saturated rings. The Morgan fingerprint density at radius 2 is 2.37 bits per heavy atom. The van der Waals surface area contributed by atoms with Crippen LogP contribution in [0.3, 0.4) is 0 Å². The molecule has 0 aromatic carbocycles. The molecule has 2 aromatic heterocycles. The Kier molecular flexibility index (Phi) is 3.50. The maximum atomic E-state index is 12.3. The quantitative estimate of drug-likeness (QED) is 0.840. The summed E-state index contributed by atoms with van der Waals surface area (Å²) in [5, 5.41) is 1.80. The molecule has 0 bridgehead atoms. The van der Waals surface area contributed by atoms with E-state index in [1.807, 2.05) is 11.0 Å². The van der Waals surface area contributed by atoms with Gasteiger partial charge in [0, 0.05) is 36.3 Å². The summed E-state index contributed by atoms with van der Waals surface area (Å²) in [7, 11) is 0. The monoisotopic (exact) mass is 274 g/mol. The van der Waals surface area contributed by atoms with Gasteiger partial charge >= 0.3 is 0 Å². The molecule has 0 aliphatic carbocycles. The number of piperidine rings is 1. The largest absolute Gasteiger partial charge is 0.337 e. The summed E-state index contributed by atoms with van der Waals surface area (Å²) >= 11 is 1.45. The average molecular weight is 274 g/mol. The number of thiazole rings is 1. The Labute approximate surface area is 115 Å². The highest BCUT2D eigenvalue weighted by atomic mass is 32.1. The van der Waals surface area contributed by atoms with Gasteiger partial charge in [-0.1, -0.05) is 0 Å². The van der Waals surface area contributed by atoms with Gasteiger partial charge in [0.25, 0.3) is 5.91 Å². The Hall–Kier alpha value is -1.82. The lowest BCUT2D eigenvalue weighted by molar-refractivity contribution is 0.0700. The highest BCUT2D eigenvalue weighted by Crippen LogP contribution is 2.25. The average Bonchev–Trinajstić information content (AvgIpc) is 3.02. The molecule has 98 valence electrons. The van der Waals surface area contributed by atoms with E-state index in [-0.39, 0.29) is 5.91 Å². The zero-order chi connectivity index (χ0) is 13.1. The molecule has 1 aliphatic heterocycles. The summed E-state index contributed by atoms with van der Waals surface area (Å²) in [4.78, 5) is 26.5. The van der Waals surface area contributed by atoms with Gasteiger partial charge in [0.2, 0.25) is 0 Å². The normalized spacial score (nSPS) is 19.4. The number of likely N-dealkylation sites (tertiary alicyclic amines) is 1. The predicted molar refractivity (Wildman–Crippen MR) is 72.0 cm³/mol. The van der Waals surface area contributed by atoms with Crippen LogP contribution in [0.25, 0.3) is 0 Å². The van der Waals surface area contributed by atoms with Crippen molar-refractivity contribution in [3.05, 3.63) is 40.9 Å². The fourth-order valence-electron chi connectivity index (χ4n) is 2.43. The molecule has 0 spiro atoms. The molecule has 1 atom stereocenters. The summed E-state index contributed by atoms with van der Waals surface area (Å²) in [6, 6.07) is 1.93. The SMILES string of the molecule is O=C(c1cscn1)N1CCC[C@@H](c2ccncn2)C1. The third-order valence-electron chi connectivity index (χ3n) is 3.38. The number of hydrogen-bond acceptors (Lipinski definition) is 5. The number of aromatic nitrogens is 3. The van der Waals surface area contributed by atoms with Crippen molar-refractivity contribution in [2.24, 2.45) is 0 Å². The fraction of sp³-hybridized carbons (Fsp3) is 0.385. The van der Waals surface area contributed by atoms with Crippen LogP contribution in [0, 0.1) is 0 Å². The van der Waals surface area contributed by atoms with Crippen LogP contribution in [-0.2, 0) is 0 Å². The standard InChI is InChI=1S/C13H14N4OS/c18-13(12-7-19-9-16-12)17-5-1-2-10(6-17)11-3-4-14-8-15-11/h3-4,7-10H,1-2,5-6H2/t10-/m1/s1. The van der Waals surface area contributed by atoms with Crippen molar-refractivity contribution in [2.75, 3.05) is 13.1 Å². The zero-order valence-corrected chi connectivity index (χ0v) is 11.2. The molecule has 19 heavy (non-hydrogen) atoms. The van der Waals surface area contributed by atoms with Gasteiger partial charge in [-0.2, -0.15) is 0 Å². The van der Waals surface area contributed by atoms with E-state index in [9.17, 15) is 4.79 Å². The number of nitrogens with zero attached hydrogens (tertiary/aromatic N) is 4. The number of amides is 1. The van der Waals surface area contributed by atoms with E-state index in [4.69, 9.17) is 0 Å². The molecule has 3 heterocycles. The van der Waals surface area contributed by atoms with E-state index in [2.05, 4.69) is 15.0 Å². The molecule has 0 saturated carbocycles. The van der Waals surface area contributed by atoms with Gasteiger partial charge in [-0.3, -0.25) is 4.79 Å². The lowest BCUT2D eigenvalue weighted by Gasteiger charge is -2.32. The minimum atomic E-state index is 0.0278. The van der Waals surface area contributed by atoms with Gasteiger partial charge in [0.05, 0.1) is 5.51 Å². The summed E-state index contributed by atoms with van der Waals surface area (Å²) < 4.78 is 0. The third kappa shape index (κ3) is 2.63. The molecular weight excluding hydrogens is 260 g/mol. The number of carbonyl (C=O) groups is 1. The van der Waals surface area contributed by atoms with Crippen molar-refractivity contribution in [3.8, 4) is 0 Å². The smallest absolute Gasteiger partial charge is 0.273 e. The van der Waals surface area contributed by atoms with Crippen molar-refractivity contribution < 1.29 is 4.79 Å². The summed E-state index contributed by atoms with van der Waals surface area (Å²) in [5.41, 5.74) is 3.26. The highest BCUT2D eigenvalue weighted by Gasteiger charge is 2.26. The number of hydrogen-bond donors (Lipinski definition) is 0. The van der Waals surface area contributed by atoms with Crippen LogP contribution >= 0.6 is 11.3 Å². The lowest BCUT2D eigenvalue weighted by atomic mass is 9.94. The summed E-state index contributed by atoms with van der Waals surface area (Å²) in [6.07, 6.45) is 5.39. The van der Waals surface area contributed by atoms with E-state index >= 15 is 0 Å². The van der Waals surface area contributed by atoms with Gasteiger partial charge in [0.15, 0.2) is 0 Å². The maximum Gasteiger partial charge on any atom is 0.273 e. The van der Waals surface area contributed by atoms with E-state index < -0.39 is 0 Å². The van der Waals surface area contributed by atoms with Crippen molar-refractivity contribution in [1.29, 1.82) is 0 Å². The van der Waals surface area contributed by atoms with Crippen molar-refractivity contribution >= 4 is 17.2 Å². The Morgan fingerprint density at radius 1 is 1.42 bits per heavy atom. The predicted octanol–water partition coefficient (Wildman–Crippen LogP) is 1.95. The molecule has 0 unspecified atom stereocenters. The Morgan fingerprint density at radius 3 is 3.11 bits per heavy atom. The molecule has 0 N–H and O–H groups in total. The maximum absolute atomic E-state index is 12.3. The molecule has 3 rings (SSSR count). The molecule has 1 saturated heterocycles. The first-order valence-corrected chi connectivity index (χ1v) is 7.22. The third-order valence-corrected chi connectivity index (χ3v) is 3.97. The lowest BCUT2D eigenvalue weighted by Crippen LogP contribution is -2.39. The number of rotatable bonds is 2. The van der Waals surface area contributed by atoms with Crippen molar-refractivity contribution in [2.45, 2.75) is 18.8 Å². The fourth-order valence-corrected chi connectivity index (χ4v) is 2.95. The molecule has 6 heteroatoms. The Balaban J connectivity index is 1.73. The summed E-state index contributed by atoms with van der Waals surface area (Å²) in [5.74, 6) is 0.333. The van der Waals surface area contributed by atoms with Crippen molar-refractivity contribution in [1.82, 2.24) is 19.9 Å². The van der Waals surface area contributed by atoms with E-state index in [0.717, 1.165) is 25.1 Å². The van der Waals surface area contributed by atoms with Gasteiger partial charge < -0.3 is 4.90 Å². The molecular formula is C13H14N4OS. The van der Waals surface area contributed by atoms with Crippen LogP contribution in [0.1, 0.15) is 34.9 Å². The second-order valence-electron chi connectivity index (χ2n) is 4.60. The first-order valence-electron chi connectivity index (χ1n) is 6.28. The minimum Gasteiger partial charge on any atom is -0.337 e. The first-order chi connectivity index (χ1) is 9.34. The van der Waals surface area contributed by atoms with E-state index in [1.54, 1.807) is 23.4 Å². The van der Waals surface area contributed by atoms with Crippen LogP contribution in [0.4, 0.5) is 0 Å². The molecule has 1 aliphatic rings. The summed E-state index contributed by atoms with van der Waals surface area (Å²) in [6.45, 7) is 1.52. The highest BCUT2D eigenvalue weighted by molar-refractivity contribution is 7.07. The molecule has 5 nitrogen and oxygen atoms in total. The zero-order valence-electron chi connectivity index (χ0n) is 10.4. The van der Waals surface area contributed by atoms with E-state index in [1.165, 1.54) is 11.3 Å². The second kappa shape index (κ2) is 5.44. The van der Waals surface area contributed by atoms with Crippen molar-refractivity contribution in [3.63, 3.8) is 0 Å². The van der Waals surface area contributed by atoms with Gasteiger partial charge in [-0.15, -0.1) is 11.3 Å². The number of carbonyl (C=O) groups excluding carboxylic acids is 1. The minimum absolute atomic E-state index is 0.0278. The van der Waals surface area contributed by atoms with Gasteiger partial charge in [0.1, 0.15) is 12.0 Å².